The summed E-state index contributed by atoms with van der Waals surface area (Å²) in [6, 6.07) is 20.8. The third-order valence-electron chi connectivity index (χ3n) is 7.16. The summed E-state index contributed by atoms with van der Waals surface area (Å²) in [4.78, 5) is 34.7. The monoisotopic (exact) mass is 596 g/mol. The molecule has 1 unspecified atom stereocenters. The van der Waals surface area contributed by atoms with Crippen molar-refractivity contribution in [1.29, 1.82) is 0 Å². The van der Waals surface area contributed by atoms with Crippen LogP contribution in [0.5, 0.6) is 0 Å². The number of hydrogen-bond acceptors (Lipinski definition) is 7. The third-order valence-corrected chi connectivity index (χ3v) is 12.2. The number of rotatable bonds is 18. The van der Waals surface area contributed by atoms with Gasteiger partial charge in [0.1, 0.15) is 6.61 Å². The van der Waals surface area contributed by atoms with Gasteiger partial charge in [-0.2, -0.15) is 0 Å². The van der Waals surface area contributed by atoms with Gasteiger partial charge in [-0.1, -0.05) is 120 Å². The van der Waals surface area contributed by atoms with E-state index in [1.807, 2.05) is 42.5 Å². The van der Waals surface area contributed by atoms with Crippen LogP contribution in [-0.2, 0) is 28.3 Å². The Balaban J connectivity index is 2.35. The molecule has 42 heavy (non-hydrogen) atoms. The molecule has 7 nitrogen and oxygen atoms in total. The van der Waals surface area contributed by atoms with Gasteiger partial charge in [0.15, 0.2) is 5.78 Å². The number of aliphatic hydroxyl groups is 1. The number of carbonyl (C=O) groups excluding carboxylic acids is 3. The Kier molecular flexibility index (Phi) is 14.9. The Bertz CT molecular complexity index is 1070. The van der Waals surface area contributed by atoms with E-state index in [0.717, 1.165) is 55.3 Å². The predicted octanol–water partition coefficient (Wildman–Crippen LogP) is 5.62. The molecule has 2 rings (SSSR count). The highest BCUT2D eigenvalue weighted by molar-refractivity contribution is 6.99. The summed E-state index contributed by atoms with van der Waals surface area (Å²) in [6.07, 6.45) is 8.91. The van der Waals surface area contributed by atoms with Crippen molar-refractivity contribution in [2.45, 2.75) is 103 Å². The lowest BCUT2D eigenvalue weighted by molar-refractivity contribution is -0.176. The van der Waals surface area contributed by atoms with Crippen LogP contribution in [-0.4, -0.2) is 50.1 Å². The molecule has 1 N–H and O–H groups in total. The van der Waals surface area contributed by atoms with E-state index in [4.69, 9.17) is 19.0 Å². The lowest BCUT2D eigenvalue weighted by atomic mass is 10.1. The molecule has 0 radical (unpaired) electrons. The summed E-state index contributed by atoms with van der Waals surface area (Å²) in [5.41, 5.74) is 0. The van der Waals surface area contributed by atoms with Gasteiger partial charge in [-0.3, -0.25) is 14.4 Å². The molecule has 1 atom stereocenters. The van der Waals surface area contributed by atoms with Crippen molar-refractivity contribution < 1.29 is 33.4 Å². The number of carbonyl (C=O) groups is 3. The van der Waals surface area contributed by atoms with Gasteiger partial charge in [0, 0.05) is 20.3 Å². The molecule has 8 heteroatoms. The molecule has 2 aromatic carbocycles. The molecule has 0 saturated heterocycles. The van der Waals surface area contributed by atoms with E-state index < -0.39 is 26.5 Å². The van der Waals surface area contributed by atoms with Crippen molar-refractivity contribution in [2.75, 3.05) is 6.61 Å². The van der Waals surface area contributed by atoms with E-state index >= 15 is 0 Å². The van der Waals surface area contributed by atoms with E-state index in [1.54, 1.807) is 6.08 Å². The fraction of sp³-hybridized carbons (Fsp3) is 0.500. The minimum absolute atomic E-state index is 0.106. The van der Waals surface area contributed by atoms with Gasteiger partial charge in [-0.15, -0.1) is 0 Å². The molecule has 0 bridgehead atoms. The lowest BCUT2D eigenvalue weighted by Crippen LogP contribution is -2.67. The molecule has 0 amide bonds. The lowest BCUT2D eigenvalue weighted by Gasteiger charge is -2.45. The molecule has 0 fully saturated rings. The highest BCUT2D eigenvalue weighted by Crippen LogP contribution is 2.38. The zero-order valence-corrected chi connectivity index (χ0v) is 26.8. The van der Waals surface area contributed by atoms with Crippen LogP contribution < -0.4 is 10.4 Å². The molecule has 2 aromatic rings. The fourth-order valence-electron chi connectivity index (χ4n) is 5.21. The van der Waals surface area contributed by atoms with E-state index in [1.165, 1.54) is 13.8 Å². The van der Waals surface area contributed by atoms with Crippen molar-refractivity contribution in [3.8, 4) is 0 Å². The maximum atomic E-state index is 11.7. The van der Waals surface area contributed by atoms with Gasteiger partial charge >= 0.3 is 11.9 Å². The number of aliphatic hydroxyl groups excluding tert-OH is 1. The minimum Gasteiger partial charge on any atom is -0.421 e. The van der Waals surface area contributed by atoms with Gasteiger partial charge in [-0.25, -0.2) is 0 Å². The van der Waals surface area contributed by atoms with Gasteiger partial charge in [0.2, 0.25) is 0 Å². The van der Waals surface area contributed by atoms with Crippen LogP contribution in [0.2, 0.25) is 5.04 Å². The van der Waals surface area contributed by atoms with Crippen LogP contribution in [0.3, 0.4) is 0 Å². The molecule has 0 aliphatic heterocycles. The predicted molar refractivity (Wildman–Crippen MR) is 168 cm³/mol. The maximum absolute atomic E-state index is 11.7. The zero-order chi connectivity index (χ0) is 31.0. The summed E-state index contributed by atoms with van der Waals surface area (Å²) in [6.45, 7) is 8.85. The Morgan fingerprint density at radius 2 is 1.24 bits per heavy atom. The quantitative estimate of drug-likeness (QED) is 0.0784. The van der Waals surface area contributed by atoms with Crippen molar-refractivity contribution in [1.82, 2.24) is 0 Å². The van der Waals surface area contributed by atoms with Crippen molar-refractivity contribution in [2.24, 2.45) is 0 Å². The highest BCUT2D eigenvalue weighted by atomic mass is 28.4. The molecule has 0 saturated carbocycles. The first-order valence-electron chi connectivity index (χ1n) is 14.9. The Morgan fingerprint density at radius 1 is 0.762 bits per heavy atom. The topological polar surface area (TPSA) is 99.1 Å². The molecular formula is C34H48O7Si. The number of esters is 2. The number of unbranched alkanes of at least 4 members (excludes halogenated alkanes) is 5. The average Bonchev–Trinajstić information content (AvgIpc) is 2.94. The summed E-state index contributed by atoms with van der Waals surface area (Å²) in [7, 11) is -2.87. The van der Waals surface area contributed by atoms with Crippen LogP contribution in [0.15, 0.2) is 72.8 Å². The first kappa shape index (κ1) is 35.1. The number of benzene rings is 2. The molecule has 0 heterocycles. The molecule has 230 valence electrons. The summed E-state index contributed by atoms with van der Waals surface area (Å²) in [5.74, 6) is -1.20. The SMILES string of the molecule is CC(=O)OC(/C=C/C(CCCCCCCCC(=O)CO)O[Si](c1ccccc1)(c1ccccc1)C(C)(C)C)OC(C)=O. The van der Waals surface area contributed by atoms with Crippen LogP contribution >= 0.6 is 0 Å². The Labute approximate surface area is 252 Å². The van der Waals surface area contributed by atoms with Gasteiger partial charge < -0.3 is 19.0 Å². The maximum Gasteiger partial charge on any atom is 0.305 e. The third kappa shape index (κ3) is 11.3. The fourth-order valence-corrected chi connectivity index (χ4v) is 9.88. The number of ether oxygens (including phenoxy) is 2. The van der Waals surface area contributed by atoms with E-state index in [2.05, 4.69) is 45.0 Å². The highest BCUT2D eigenvalue weighted by Gasteiger charge is 2.51. The van der Waals surface area contributed by atoms with Gasteiger partial charge in [0.25, 0.3) is 14.6 Å². The van der Waals surface area contributed by atoms with Crippen LogP contribution in [0, 0.1) is 0 Å². The second kappa shape index (κ2) is 17.8. The molecule has 0 aromatic heterocycles. The second-order valence-electron chi connectivity index (χ2n) is 11.6. The summed E-state index contributed by atoms with van der Waals surface area (Å²) < 4.78 is 17.8. The Hall–Kier alpha value is -3.07. The van der Waals surface area contributed by atoms with Crippen LogP contribution in [0.25, 0.3) is 0 Å². The number of hydrogen-bond donors (Lipinski definition) is 1. The van der Waals surface area contributed by atoms with E-state index in [0.29, 0.717) is 6.42 Å². The van der Waals surface area contributed by atoms with Gasteiger partial charge in [-0.05, 0) is 34.3 Å². The number of ketones is 1. The molecule has 0 aliphatic carbocycles. The van der Waals surface area contributed by atoms with Crippen molar-refractivity contribution in [3.05, 3.63) is 72.8 Å². The van der Waals surface area contributed by atoms with Crippen LogP contribution in [0.1, 0.15) is 86.0 Å². The summed E-state index contributed by atoms with van der Waals surface area (Å²) >= 11 is 0. The first-order chi connectivity index (χ1) is 20.0. The molecule has 0 aliphatic rings. The van der Waals surface area contributed by atoms with E-state index in [-0.39, 0.29) is 23.5 Å². The van der Waals surface area contributed by atoms with Crippen molar-refractivity contribution in [3.63, 3.8) is 0 Å². The van der Waals surface area contributed by atoms with Crippen LogP contribution in [0.4, 0.5) is 0 Å². The molecule has 0 spiro atoms. The Morgan fingerprint density at radius 3 is 1.69 bits per heavy atom. The molecular weight excluding hydrogens is 548 g/mol. The zero-order valence-electron chi connectivity index (χ0n) is 25.8. The first-order valence-corrected chi connectivity index (χ1v) is 16.8. The standard InChI is InChI=1S/C34H48O7Si/c1-27(36)39-33(40-28(2)37)25-24-30(19-13-9-7-6-8-12-18-29(38)26-35)41-42(34(3,4)5,31-20-14-10-15-21-31)32-22-16-11-17-23-32/h10-11,14-17,20-25,30,33,35H,6-9,12-13,18-19,26H2,1-5H3/b25-24+. The van der Waals surface area contributed by atoms with Gasteiger partial charge in [0.05, 0.1) is 6.10 Å². The smallest absolute Gasteiger partial charge is 0.305 e. The largest absolute Gasteiger partial charge is 0.421 e. The van der Waals surface area contributed by atoms with E-state index in [9.17, 15) is 14.4 Å². The normalized spacial score (nSPS) is 12.8. The summed E-state index contributed by atoms with van der Waals surface area (Å²) in [5, 5.41) is 11.0. The minimum atomic E-state index is -2.87. The second-order valence-corrected chi connectivity index (χ2v) is 15.9. The number of Topliss-reactive ketones (excluding diaryl/α,β-unsaturated/α-hetero) is 1. The van der Waals surface area contributed by atoms with Crippen molar-refractivity contribution >= 4 is 36.4 Å². The average molecular weight is 597 g/mol.